The van der Waals surface area contributed by atoms with E-state index in [4.69, 9.17) is 10.8 Å². The minimum absolute atomic E-state index is 0.0797. The van der Waals surface area contributed by atoms with E-state index in [1.165, 1.54) is 0 Å². The van der Waals surface area contributed by atoms with Gasteiger partial charge in [0.25, 0.3) is 0 Å². The summed E-state index contributed by atoms with van der Waals surface area (Å²) < 4.78 is 0. The van der Waals surface area contributed by atoms with E-state index in [1.807, 2.05) is 13.8 Å². The van der Waals surface area contributed by atoms with E-state index in [9.17, 15) is 5.11 Å². The molecule has 72 valence electrons. The first-order chi connectivity index (χ1) is 6.06. The van der Waals surface area contributed by atoms with Crippen molar-refractivity contribution in [3.63, 3.8) is 0 Å². The molecule has 0 aliphatic carbocycles. The third-order valence-corrected chi connectivity index (χ3v) is 2.14. The Morgan fingerprint density at radius 1 is 1.31 bits per heavy atom. The number of nitrogens with two attached hydrogens (primary N) is 1. The molecule has 3 heteroatoms. The molecule has 0 amide bonds. The smallest absolute Gasteiger partial charge is 0.121 e. The van der Waals surface area contributed by atoms with Crippen LogP contribution in [0.4, 0.5) is 0 Å². The topological polar surface area (TPSA) is 66.5 Å². The highest BCUT2D eigenvalue weighted by molar-refractivity contribution is 5.43. The first-order valence-corrected chi connectivity index (χ1v) is 4.22. The van der Waals surface area contributed by atoms with E-state index < -0.39 is 0 Å². The van der Waals surface area contributed by atoms with E-state index in [0.29, 0.717) is 5.75 Å². The van der Waals surface area contributed by atoms with Crippen LogP contribution in [0.25, 0.3) is 0 Å². The van der Waals surface area contributed by atoms with Crippen LogP contribution in [0.3, 0.4) is 0 Å². The van der Waals surface area contributed by atoms with E-state index in [1.54, 1.807) is 12.1 Å². The van der Waals surface area contributed by atoms with Crippen LogP contribution in [0.5, 0.6) is 5.75 Å². The number of rotatable bonds is 2. The van der Waals surface area contributed by atoms with Crippen molar-refractivity contribution in [1.82, 2.24) is 0 Å². The third kappa shape index (κ3) is 1.99. The molecular formula is C10H15NO2. The summed E-state index contributed by atoms with van der Waals surface area (Å²) in [6.45, 7) is 3.55. The predicted octanol–water partition coefficient (Wildman–Crippen LogP) is 1.00. The van der Waals surface area contributed by atoms with E-state index in [0.717, 1.165) is 16.7 Å². The summed E-state index contributed by atoms with van der Waals surface area (Å²) in [4.78, 5) is 0. The van der Waals surface area contributed by atoms with Crippen molar-refractivity contribution < 1.29 is 10.2 Å². The summed E-state index contributed by atoms with van der Waals surface area (Å²) in [5.74, 6) is 0.300. The first-order valence-electron chi connectivity index (χ1n) is 4.22. The molecule has 0 radical (unpaired) electrons. The van der Waals surface area contributed by atoms with E-state index >= 15 is 0 Å². The number of phenolic OH excluding ortho intramolecular Hbond substituents is 1. The van der Waals surface area contributed by atoms with Crippen molar-refractivity contribution in [2.75, 3.05) is 6.61 Å². The van der Waals surface area contributed by atoms with Crippen LogP contribution in [0.1, 0.15) is 22.7 Å². The Labute approximate surface area is 77.8 Å². The molecule has 0 unspecified atom stereocenters. The second-order valence-electron chi connectivity index (χ2n) is 3.29. The lowest BCUT2D eigenvalue weighted by atomic mass is 10.0. The molecule has 0 aliphatic heterocycles. The lowest BCUT2D eigenvalue weighted by Crippen LogP contribution is -2.14. The van der Waals surface area contributed by atoms with Crippen LogP contribution < -0.4 is 5.73 Å². The van der Waals surface area contributed by atoms with E-state index in [2.05, 4.69) is 0 Å². The second kappa shape index (κ2) is 3.77. The molecule has 3 nitrogen and oxygen atoms in total. The van der Waals surface area contributed by atoms with Gasteiger partial charge in [0.2, 0.25) is 0 Å². The van der Waals surface area contributed by atoms with Gasteiger partial charge in [0.15, 0.2) is 0 Å². The average molecular weight is 181 g/mol. The highest BCUT2D eigenvalue weighted by Crippen LogP contribution is 2.25. The van der Waals surface area contributed by atoms with Crippen LogP contribution in [-0.2, 0) is 0 Å². The Bertz CT molecular complexity index is 287. The molecule has 0 bridgehead atoms. The largest absolute Gasteiger partial charge is 0.507 e. The number of aromatic hydroxyl groups is 1. The monoisotopic (exact) mass is 181 g/mol. The average Bonchev–Trinajstić information content (AvgIpc) is 2.12. The molecule has 0 heterocycles. The second-order valence-corrected chi connectivity index (χ2v) is 3.29. The zero-order valence-corrected chi connectivity index (χ0v) is 7.91. The van der Waals surface area contributed by atoms with Crippen molar-refractivity contribution in [2.24, 2.45) is 5.73 Å². The van der Waals surface area contributed by atoms with Crippen LogP contribution in [-0.4, -0.2) is 16.8 Å². The van der Waals surface area contributed by atoms with E-state index in [-0.39, 0.29) is 12.6 Å². The molecule has 0 fully saturated rings. The zero-order chi connectivity index (χ0) is 10.0. The molecule has 1 atom stereocenters. The molecule has 4 N–H and O–H groups in total. The fraction of sp³-hybridized carbons (Fsp3) is 0.400. The predicted molar refractivity (Wildman–Crippen MR) is 51.6 cm³/mol. The Hall–Kier alpha value is -1.06. The number of aliphatic hydroxyl groups is 1. The molecule has 13 heavy (non-hydrogen) atoms. The van der Waals surface area contributed by atoms with Crippen LogP contribution in [0.2, 0.25) is 0 Å². The van der Waals surface area contributed by atoms with Gasteiger partial charge in [-0.25, -0.2) is 0 Å². The number of aryl methyl sites for hydroxylation is 2. The minimum atomic E-state index is -0.363. The molecule has 0 aromatic heterocycles. The lowest BCUT2D eigenvalue weighted by molar-refractivity contribution is 0.268. The maximum absolute atomic E-state index is 9.48. The number of phenols is 1. The summed E-state index contributed by atoms with van der Waals surface area (Å²) in [6, 6.07) is 3.23. The highest BCUT2D eigenvalue weighted by atomic mass is 16.3. The summed E-state index contributed by atoms with van der Waals surface area (Å²) >= 11 is 0. The maximum Gasteiger partial charge on any atom is 0.121 e. The molecule has 0 spiro atoms. The van der Waals surface area contributed by atoms with Gasteiger partial charge in [0, 0.05) is 0 Å². The van der Waals surface area contributed by atoms with Crippen molar-refractivity contribution >= 4 is 0 Å². The van der Waals surface area contributed by atoms with Gasteiger partial charge >= 0.3 is 0 Å². The normalized spacial score (nSPS) is 12.9. The van der Waals surface area contributed by atoms with Gasteiger partial charge in [0.1, 0.15) is 5.75 Å². The molecular weight excluding hydrogens is 166 g/mol. The summed E-state index contributed by atoms with van der Waals surface area (Å²) in [7, 11) is 0. The van der Waals surface area contributed by atoms with Gasteiger partial charge in [0.05, 0.1) is 12.6 Å². The van der Waals surface area contributed by atoms with Crippen molar-refractivity contribution in [2.45, 2.75) is 19.9 Å². The molecule has 0 saturated heterocycles. The van der Waals surface area contributed by atoms with Gasteiger partial charge in [-0.3, -0.25) is 0 Å². The number of aliphatic hydroxyl groups excluding tert-OH is 1. The Kier molecular flexibility index (Phi) is 2.90. The van der Waals surface area contributed by atoms with Gasteiger partial charge < -0.3 is 15.9 Å². The molecule has 1 aromatic carbocycles. The van der Waals surface area contributed by atoms with Crippen molar-refractivity contribution in [3.05, 3.63) is 28.8 Å². The standard InChI is InChI=1S/C10H15NO2/c1-6-3-8(9(11)5-12)4-7(2)10(6)13/h3-4,9,12-13H,5,11H2,1-2H3/t9-/m1/s1. The fourth-order valence-corrected chi connectivity index (χ4v) is 1.31. The van der Waals surface area contributed by atoms with Crippen molar-refractivity contribution in [3.8, 4) is 5.75 Å². The SMILES string of the molecule is Cc1cc([C@H](N)CO)cc(C)c1O. The van der Waals surface area contributed by atoms with Crippen molar-refractivity contribution in [1.29, 1.82) is 0 Å². The molecule has 1 aromatic rings. The number of benzene rings is 1. The molecule has 0 aliphatic rings. The first kappa shape index (κ1) is 10.0. The minimum Gasteiger partial charge on any atom is -0.507 e. The fourth-order valence-electron chi connectivity index (χ4n) is 1.31. The Balaban J connectivity index is 3.13. The van der Waals surface area contributed by atoms with Gasteiger partial charge in [-0.05, 0) is 30.5 Å². The third-order valence-electron chi connectivity index (χ3n) is 2.14. The number of hydrogen-bond acceptors (Lipinski definition) is 3. The summed E-state index contributed by atoms with van der Waals surface area (Å²) in [6.07, 6.45) is 0. The maximum atomic E-state index is 9.48. The number of hydrogen-bond donors (Lipinski definition) is 3. The lowest BCUT2D eigenvalue weighted by Gasteiger charge is -2.12. The van der Waals surface area contributed by atoms with Gasteiger partial charge in [-0.2, -0.15) is 0 Å². The Morgan fingerprint density at radius 2 is 1.77 bits per heavy atom. The quantitative estimate of drug-likeness (QED) is 0.637. The Morgan fingerprint density at radius 3 is 2.15 bits per heavy atom. The highest BCUT2D eigenvalue weighted by Gasteiger charge is 2.08. The zero-order valence-electron chi connectivity index (χ0n) is 7.91. The molecule has 0 saturated carbocycles. The molecule has 1 rings (SSSR count). The van der Waals surface area contributed by atoms with Crippen LogP contribution >= 0.6 is 0 Å². The van der Waals surface area contributed by atoms with Crippen LogP contribution in [0.15, 0.2) is 12.1 Å². The summed E-state index contributed by atoms with van der Waals surface area (Å²) in [5.41, 5.74) is 8.09. The van der Waals surface area contributed by atoms with Gasteiger partial charge in [-0.1, -0.05) is 12.1 Å². The van der Waals surface area contributed by atoms with Crippen LogP contribution in [0, 0.1) is 13.8 Å². The van der Waals surface area contributed by atoms with Gasteiger partial charge in [-0.15, -0.1) is 0 Å². The summed E-state index contributed by atoms with van der Waals surface area (Å²) in [5, 5.41) is 18.3.